The zero-order valence-electron chi connectivity index (χ0n) is 11.5. The van der Waals surface area contributed by atoms with Crippen molar-refractivity contribution in [3.05, 3.63) is 29.3 Å². The number of methoxy groups -OCH3 is 2. The van der Waals surface area contributed by atoms with Crippen molar-refractivity contribution in [2.45, 2.75) is 19.3 Å². The van der Waals surface area contributed by atoms with Crippen molar-refractivity contribution in [2.24, 2.45) is 0 Å². The molecule has 6 heteroatoms. The average molecular weight is 279 g/mol. The van der Waals surface area contributed by atoms with Crippen LogP contribution in [0.15, 0.2) is 18.2 Å². The van der Waals surface area contributed by atoms with Crippen LogP contribution in [0, 0.1) is 0 Å². The Hall–Kier alpha value is -2.37. The fraction of sp³-hybridized carbons (Fsp3) is 0.357. The Morgan fingerprint density at radius 1 is 1.10 bits per heavy atom. The van der Waals surface area contributed by atoms with Gasteiger partial charge < -0.3 is 15.2 Å². The number of anilines is 1. The monoisotopic (exact) mass is 279 g/mol. The molecule has 0 aliphatic heterocycles. The summed E-state index contributed by atoms with van der Waals surface area (Å²) < 4.78 is 9.08. The van der Waals surface area contributed by atoms with Crippen molar-refractivity contribution in [1.29, 1.82) is 0 Å². The predicted octanol–water partition coefficient (Wildman–Crippen LogP) is 1.58. The SMILES string of the molecule is COC(=O)CCCC(=O)c1cc(C(=O)OC)ccc1N. The number of carbonyl (C=O) groups is 3. The number of hydrogen-bond donors (Lipinski definition) is 1. The highest BCUT2D eigenvalue weighted by Crippen LogP contribution is 2.18. The summed E-state index contributed by atoms with van der Waals surface area (Å²) in [5.41, 5.74) is 6.54. The minimum Gasteiger partial charge on any atom is -0.469 e. The van der Waals surface area contributed by atoms with E-state index in [1.165, 1.54) is 32.4 Å². The minimum absolute atomic E-state index is 0.157. The van der Waals surface area contributed by atoms with E-state index in [2.05, 4.69) is 9.47 Å². The molecule has 0 radical (unpaired) electrons. The summed E-state index contributed by atoms with van der Waals surface area (Å²) in [6.07, 6.45) is 0.691. The molecule has 0 aromatic heterocycles. The lowest BCUT2D eigenvalue weighted by molar-refractivity contribution is -0.140. The van der Waals surface area contributed by atoms with E-state index in [4.69, 9.17) is 5.73 Å². The third-order valence-corrected chi connectivity index (χ3v) is 2.79. The van der Waals surface area contributed by atoms with Gasteiger partial charge in [0.1, 0.15) is 0 Å². The highest BCUT2D eigenvalue weighted by molar-refractivity contribution is 6.03. The number of esters is 2. The Bertz CT molecular complexity index is 524. The molecule has 0 saturated carbocycles. The van der Waals surface area contributed by atoms with Crippen LogP contribution in [0.4, 0.5) is 5.69 Å². The molecule has 1 rings (SSSR count). The van der Waals surface area contributed by atoms with Gasteiger partial charge in [-0.2, -0.15) is 0 Å². The van der Waals surface area contributed by atoms with E-state index in [1.807, 2.05) is 0 Å². The van der Waals surface area contributed by atoms with Crippen LogP contribution in [-0.2, 0) is 14.3 Å². The van der Waals surface area contributed by atoms with Crippen molar-refractivity contribution in [1.82, 2.24) is 0 Å². The average Bonchev–Trinajstić information content (AvgIpc) is 2.46. The highest BCUT2D eigenvalue weighted by Gasteiger charge is 2.14. The molecule has 1 aromatic carbocycles. The minimum atomic E-state index is -0.534. The third kappa shape index (κ3) is 4.08. The molecule has 0 spiro atoms. The molecule has 1 aromatic rings. The molecule has 0 aliphatic carbocycles. The topological polar surface area (TPSA) is 95.7 Å². The lowest BCUT2D eigenvalue weighted by Gasteiger charge is -2.07. The molecule has 2 N–H and O–H groups in total. The number of nitrogens with two attached hydrogens (primary N) is 1. The van der Waals surface area contributed by atoms with Gasteiger partial charge in [-0.25, -0.2) is 4.79 Å². The molecule has 0 bridgehead atoms. The molecule has 0 amide bonds. The van der Waals surface area contributed by atoms with Gasteiger partial charge in [-0.1, -0.05) is 0 Å². The normalized spacial score (nSPS) is 9.90. The first-order chi connectivity index (χ1) is 9.49. The molecule has 0 aliphatic rings. The molecule has 0 atom stereocenters. The number of nitrogen functional groups attached to an aromatic ring is 1. The van der Waals surface area contributed by atoms with Gasteiger partial charge in [0, 0.05) is 24.1 Å². The molecular weight excluding hydrogens is 262 g/mol. The second-order valence-electron chi connectivity index (χ2n) is 4.15. The van der Waals surface area contributed by atoms with Gasteiger partial charge in [0.25, 0.3) is 0 Å². The smallest absolute Gasteiger partial charge is 0.337 e. The van der Waals surface area contributed by atoms with Crippen LogP contribution in [0.2, 0.25) is 0 Å². The summed E-state index contributed by atoms with van der Waals surface area (Å²) in [5, 5.41) is 0. The van der Waals surface area contributed by atoms with Crippen molar-refractivity contribution in [2.75, 3.05) is 20.0 Å². The maximum absolute atomic E-state index is 12.0. The Balaban J connectivity index is 2.76. The largest absolute Gasteiger partial charge is 0.469 e. The second-order valence-corrected chi connectivity index (χ2v) is 4.15. The van der Waals surface area contributed by atoms with Crippen molar-refractivity contribution in [3.63, 3.8) is 0 Å². The van der Waals surface area contributed by atoms with Gasteiger partial charge in [0.15, 0.2) is 5.78 Å². The van der Waals surface area contributed by atoms with E-state index in [-0.39, 0.29) is 35.7 Å². The summed E-state index contributed by atoms with van der Waals surface area (Å²) >= 11 is 0. The fourth-order valence-electron chi connectivity index (χ4n) is 1.67. The quantitative estimate of drug-likeness (QED) is 0.482. The van der Waals surface area contributed by atoms with Crippen LogP contribution in [-0.4, -0.2) is 31.9 Å². The maximum Gasteiger partial charge on any atom is 0.337 e. The van der Waals surface area contributed by atoms with E-state index in [1.54, 1.807) is 0 Å². The molecule has 6 nitrogen and oxygen atoms in total. The number of Topliss-reactive ketones (excluding diaryl/α,β-unsaturated/α-hetero) is 1. The summed E-state index contributed by atoms with van der Waals surface area (Å²) in [5.74, 6) is -1.13. The van der Waals surface area contributed by atoms with Gasteiger partial charge >= 0.3 is 11.9 Å². The lowest BCUT2D eigenvalue weighted by atomic mass is 10.0. The Kier molecular flexibility index (Phi) is 5.71. The zero-order chi connectivity index (χ0) is 15.1. The lowest BCUT2D eigenvalue weighted by Crippen LogP contribution is -2.09. The molecule has 20 heavy (non-hydrogen) atoms. The molecule has 108 valence electrons. The first-order valence-electron chi connectivity index (χ1n) is 6.07. The fourth-order valence-corrected chi connectivity index (χ4v) is 1.67. The van der Waals surface area contributed by atoms with Crippen LogP contribution in [0.5, 0.6) is 0 Å². The standard InChI is InChI=1S/C14H17NO5/c1-19-13(17)5-3-4-12(16)10-8-9(14(18)20-2)6-7-11(10)15/h6-8H,3-5,15H2,1-2H3. The number of benzene rings is 1. The summed E-state index contributed by atoms with van der Waals surface area (Å²) in [6, 6.07) is 4.38. The molecule has 0 heterocycles. The van der Waals surface area contributed by atoms with E-state index in [0.29, 0.717) is 12.1 Å². The third-order valence-electron chi connectivity index (χ3n) is 2.79. The van der Waals surface area contributed by atoms with Gasteiger partial charge in [0.2, 0.25) is 0 Å². The molecule has 0 fully saturated rings. The first-order valence-corrected chi connectivity index (χ1v) is 6.07. The second kappa shape index (κ2) is 7.28. The van der Waals surface area contributed by atoms with E-state index in [0.717, 1.165) is 0 Å². The van der Waals surface area contributed by atoms with Crippen LogP contribution in [0.3, 0.4) is 0 Å². The van der Waals surface area contributed by atoms with Crippen LogP contribution in [0.1, 0.15) is 40.0 Å². The van der Waals surface area contributed by atoms with Gasteiger partial charge in [-0.3, -0.25) is 9.59 Å². The van der Waals surface area contributed by atoms with Crippen molar-refractivity contribution in [3.8, 4) is 0 Å². The van der Waals surface area contributed by atoms with Crippen LogP contribution < -0.4 is 5.73 Å². The molecule has 0 saturated heterocycles. The van der Waals surface area contributed by atoms with Crippen LogP contribution in [0.25, 0.3) is 0 Å². The number of hydrogen-bond acceptors (Lipinski definition) is 6. The van der Waals surface area contributed by atoms with Crippen LogP contribution >= 0.6 is 0 Å². The van der Waals surface area contributed by atoms with Crippen molar-refractivity contribution >= 4 is 23.4 Å². The summed E-state index contributed by atoms with van der Waals surface area (Å²) in [6.45, 7) is 0. The van der Waals surface area contributed by atoms with Crippen molar-refractivity contribution < 1.29 is 23.9 Å². The van der Waals surface area contributed by atoms with E-state index < -0.39 is 5.97 Å². The van der Waals surface area contributed by atoms with E-state index >= 15 is 0 Å². The predicted molar refractivity (Wildman–Crippen MR) is 72.4 cm³/mol. The highest BCUT2D eigenvalue weighted by atomic mass is 16.5. The number of ether oxygens (including phenoxy) is 2. The maximum atomic E-state index is 12.0. The van der Waals surface area contributed by atoms with Gasteiger partial charge in [-0.15, -0.1) is 0 Å². The van der Waals surface area contributed by atoms with E-state index in [9.17, 15) is 14.4 Å². The summed E-state index contributed by atoms with van der Waals surface area (Å²) in [4.78, 5) is 34.4. The molecular formula is C14H17NO5. The number of ketones is 1. The Labute approximate surface area is 116 Å². The summed E-state index contributed by atoms with van der Waals surface area (Å²) in [7, 11) is 2.55. The molecule has 0 unspecified atom stereocenters. The Morgan fingerprint density at radius 3 is 2.40 bits per heavy atom. The number of carbonyl (C=O) groups excluding carboxylic acids is 3. The zero-order valence-corrected chi connectivity index (χ0v) is 11.5. The number of rotatable bonds is 6. The van der Waals surface area contributed by atoms with Gasteiger partial charge in [0.05, 0.1) is 19.8 Å². The first kappa shape index (κ1) is 15.7. The van der Waals surface area contributed by atoms with Gasteiger partial charge in [-0.05, 0) is 24.6 Å². The Morgan fingerprint density at radius 2 is 1.80 bits per heavy atom.